The van der Waals surface area contributed by atoms with Crippen molar-refractivity contribution in [2.45, 2.75) is 25.8 Å². The van der Waals surface area contributed by atoms with Gasteiger partial charge in [-0.2, -0.15) is 0 Å². The van der Waals surface area contributed by atoms with Gasteiger partial charge < -0.3 is 20.4 Å². The zero-order chi connectivity index (χ0) is 14.7. The smallest absolute Gasteiger partial charge is 0.257 e. The highest BCUT2D eigenvalue weighted by molar-refractivity contribution is 5.97. The molecule has 0 saturated carbocycles. The minimum Gasteiger partial charge on any atom is -0.508 e. The third-order valence-electron chi connectivity index (χ3n) is 4.13. The van der Waals surface area contributed by atoms with E-state index in [0.29, 0.717) is 25.0 Å². The molecule has 1 amide bonds. The maximum atomic E-state index is 12.5. The van der Waals surface area contributed by atoms with Gasteiger partial charge in [-0.3, -0.25) is 4.79 Å². The Morgan fingerprint density at radius 3 is 2.85 bits per heavy atom. The van der Waals surface area contributed by atoms with Gasteiger partial charge in [-0.15, -0.1) is 0 Å². The Labute approximate surface area is 119 Å². The summed E-state index contributed by atoms with van der Waals surface area (Å²) in [5.41, 5.74) is 0.169. The molecule has 0 bridgehead atoms. The van der Waals surface area contributed by atoms with Crippen LogP contribution in [0.2, 0.25) is 0 Å². The van der Waals surface area contributed by atoms with Crippen molar-refractivity contribution in [2.24, 2.45) is 5.92 Å². The molecule has 110 valence electrons. The van der Waals surface area contributed by atoms with Crippen LogP contribution in [0.25, 0.3) is 0 Å². The Morgan fingerprint density at radius 2 is 2.20 bits per heavy atom. The second kappa shape index (κ2) is 6.13. The van der Waals surface area contributed by atoms with Crippen molar-refractivity contribution >= 4 is 5.91 Å². The van der Waals surface area contributed by atoms with E-state index in [2.05, 4.69) is 12.2 Å². The van der Waals surface area contributed by atoms with Gasteiger partial charge in [0.25, 0.3) is 5.91 Å². The van der Waals surface area contributed by atoms with Gasteiger partial charge in [-0.05, 0) is 37.6 Å². The van der Waals surface area contributed by atoms with Crippen LogP contribution in [0, 0.1) is 5.92 Å². The molecular formula is C15H22N2O3. The number of carbonyl (C=O) groups is 1. The van der Waals surface area contributed by atoms with E-state index in [4.69, 9.17) is 0 Å². The fraction of sp³-hybridized carbons (Fsp3) is 0.533. The normalized spacial score (nSPS) is 22.8. The van der Waals surface area contributed by atoms with Gasteiger partial charge >= 0.3 is 0 Å². The number of aromatic hydroxyl groups is 2. The lowest BCUT2D eigenvalue weighted by molar-refractivity contribution is 0.0628. The van der Waals surface area contributed by atoms with Crippen LogP contribution >= 0.6 is 0 Å². The number of hydrogen-bond acceptors (Lipinski definition) is 4. The van der Waals surface area contributed by atoms with Crippen molar-refractivity contribution < 1.29 is 15.0 Å². The summed E-state index contributed by atoms with van der Waals surface area (Å²) in [6.45, 7) is 3.46. The van der Waals surface area contributed by atoms with E-state index in [-0.39, 0.29) is 23.0 Å². The largest absolute Gasteiger partial charge is 0.508 e. The highest BCUT2D eigenvalue weighted by atomic mass is 16.3. The number of phenols is 2. The summed E-state index contributed by atoms with van der Waals surface area (Å²) >= 11 is 0. The van der Waals surface area contributed by atoms with Crippen molar-refractivity contribution in [3.63, 3.8) is 0 Å². The zero-order valence-electron chi connectivity index (χ0n) is 12.0. The van der Waals surface area contributed by atoms with Crippen LogP contribution in [0.5, 0.6) is 11.5 Å². The number of nitrogens with zero attached hydrogens (tertiary/aromatic N) is 1. The molecule has 0 aromatic heterocycles. The predicted octanol–water partition coefficient (Wildman–Crippen LogP) is 1.56. The zero-order valence-corrected chi connectivity index (χ0v) is 12.0. The molecule has 2 atom stereocenters. The average molecular weight is 278 g/mol. The topological polar surface area (TPSA) is 72.8 Å². The predicted molar refractivity (Wildman–Crippen MR) is 76.9 cm³/mol. The minimum absolute atomic E-state index is 0.0108. The van der Waals surface area contributed by atoms with E-state index in [9.17, 15) is 15.0 Å². The standard InChI is InChI=1S/C15H22N2O3/c1-3-10-9-17(7-6-13(10)16-2)15(20)12-8-11(18)4-5-14(12)19/h4-5,8,10,13,16,18-19H,3,6-7,9H2,1-2H3. The summed E-state index contributed by atoms with van der Waals surface area (Å²) in [4.78, 5) is 14.2. The average Bonchev–Trinajstić information content (AvgIpc) is 2.48. The lowest BCUT2D eigenvalue weighted by Crippen LogP contribution is -2.50. The summed E-state index contributed by atoms with van der Waals surface area (Å²) in [5, 5.41) is 22.6. The van der Waals surface area contributed by atoms with E-state index in [1.54, 1.807) is 4.90 Å². The highest BCUT2D eigenvalue weighted by Crippen LogP contribution is 2.26. The molecular weight excluding hydrogens is 256 g/mol. The Morgan fingerprint density at radius 1 is 1.45 bits per heavy atom. The van der Waals surface area contributed by atoms with Crippen LogP contribution in [-0.2, 0) is 0 Å². The maximum absolute atomic E-state index is 12.5. The molecule has 1 aliphatic rings. The number of nitrogens with one attached hydrogen (secondary N) is 1. The van der Waals surface area contributed by atoms with Crippen LogP contribution in [0.3, 0.4) is 0 Å². The molecule has 1 aromatic carbocycles. The van der Waals surface area contributed by atoms with E-state index in [1.807, 2.05) is 7.05 Å². The lowest BCUT2D eigenvalue weighted by atomic mass is 9.89. The molecule has 2 rings (SSSR count). The molecule has 0 spiro atoms. The summed E-state index contributed by atoms with van der Waals surface area (Å²) in [6.07, 6.45) is 1.90. The third-order valence-corrected chi connectivity index (χ3v) is 4.13. The first kappa shape index (κ1) is 14.7. The van der Waals surface area contributed by atoms with Crippen molar-refractivity contribution in [3.8, 4) is 11.5 Å². The molecule has 5 nitrogen and oxygen atoms in total. The number of carbonyl (C=O) groups excluding carboxylic acids is 1. The van der Waals surface area contributed by atoms with Gasteiger partial charge in [0.05, 0.1) is 5.56 Å². The molecule has 5 heteroatoms. The van der Waals surface area contributed by atoms with E-state index in [1.165, 1.54) is 18.2 Å². The molecule has 1 saturated heterocycles. The molecule has 1 aliphatic heterocycles. The summed E-state index contributed by atoms with van der Waals surface area (Å²) in [7, 11) is 1.95. The Balaban J connectivity index is 2.15. The van der Waals surface area contributed by atoms with Crippen molar-refractivity contribution in [2.75, 3.05) is 20.1 Å². The Kier molecular flexibility index (Phi) is 4.49. The number of likely N-dealkylation sites (tertiary alicyclic amines) is 1. The van der Waals surface area contributed by atoms with Crippen LogP contribution in [0.15, 0.2) is 18.2 Å². The highest BCUT2D eigenvalue weighted by Gasteiger charge is 2.30. The molecule has 2 unspecified atom stereocenters. The minimum atomic E-state index is -0.216. The van der Waals surface area contributed by atoms with E-state index in [0.717, 1.165) is 12.8 Å². The Hall–Kier alpha value is -1.75. The number of rotatable bonds is 3. The van der Waals surface area contributed by atoms with Crippen LogP contribution in [0.4, 0.5) is 0 Å². The van der Waals surface area contributed by atoms with Crippen LogP contribution < -0.4 is 5.32 Å². The molecule has 20 heavy (non-hydrogen) atoms. The van der Waals surface area contributed by atoms with Crippen molar-refractivity contribution in [1.82, 2.24) is 10.2 Å². The molecule has 1 heterocycles. The second-order valence-electron chi connectivity index (χ2n) is 5.30. The van der Waals surface area contributed by atoms with Crippen molar-refractivity contribution in [3.05, 3.63) is 23.8 Å². The SMILES string of the molecule is CCC1CN(C(=O)c2cc(O)ccc2O)CCC1NC. The maximum Gasteiger partial charge on any atom is 0.257 e. The monoisotopic (exact) mass is 278 g/mol. The molecule has 0 radical (unpaired) electrons. The number of hydrogen-bond donors (Lipinski definition) is 3. The van der Waals surface area contributed by atoms with E-state index < -0.39 is 0 Å². The summed E-state index contributed by atoms with van der Waals surface area (Å²) < 4.78 is 0. The van der Waals surface area contributed by atoms with E-state index >= 15 is 0 Å². The summed E-state index contributed by atoms with van der Waals surface area (Å²) in [6, 6.07) is 4.47. The number of benzene rings is 1. The molecule has 3 N–H and O–H groups in total. The molecule has 0 aliphatic carbocycles. The number of phenolic OH excluding ortho intramolecular Hbond substituents is 2. The fourth-order valence-corrected chi connectivity index (χ4v) is 2.88. The quantitative estimate of drug-likeness (QED) is 0.734. The molecule has 1 aromatic rings. The van der Waals surface area contributed by atoms with Gasteiger partial charge in [-0.25, -0.2) is 0 Å². The van der Waals surface area contributed by atoms with Gasteiger partial charge in [0.1, 0.15) is 11.5 Å². The van der Waals surface area contributed by atoms with Crippen LogP contribution in [-0.4, -0.2) is 47.2 Å². The van der Waals surface area contributed by atoms with Gasteiger partial charge in [-0.1, -0.05) is 13.3 Å². The lowest BCUT2D eigenvalue weighted by Gasteiger charge is -2.38. The first-order valence-corrected chi connectivity index (χ1v) is 7.05. The van der Waals surface area contributed by atoms with Crippen molar-refractivity contribution in [1.29, 1.82) is 0 Å². The van der Waals surface area contributed by atoms with Gasteiger partial charge in [0, 0.05) is 19.1 Å². The first-order chi connectivity index (χ1) is 9.56. The number of piperidine rings is 1. The van der Waals surface area contributed by atoms with Gasteiger partial charge in [0.15, 0.2) is 0 Å². The van der Waals surface area contributed by atoms with Gasteiger partial charge in [0.2, 0.25) is 0 Å². The van der Waals surface area contributed by atoms with Crippen LogP contribution in [0.1, 0.15) is 30.1 Å². The fourth-order valence-electron chi connectivity index (χ4n) is 2.88. The third kappa shape index (κ3) is 2.88. The first-order valence-electron chi connectivity index (χ1n) is 7.05. The Bertz CT molecular complexity index is 490. The second-order valence-corrected chi connectivity index (χ2v) is 5.30. The molecule has 1 fully saturated rings. The number of amides is 1. The summed E-state index contributed by atoms with van der Waals surface area (Å²) in [5.74, 6) is 0.100.